The van der Waals surface area contributed by atoms with Gasteiger partial charge in [-0.1, -0.05) is 32.9 Å². The zero-order chi connectivity index (χ0) is 17.5. The zero-order valence-electron chi connectivity index (χ0n) is 15.4. The van der Waals surface area contributed by atoms with Crippen LogP contribution in [0, 0.1) is 5.92 Å². The van der Waals surface area contributed by atoms with Gasteiger partial charge in [-0.2, -0.15) is 0 Å². The smallest absolute Gasteiger partial charge is 0.122 e. The first-order valence-corrected chi connectivity index (χ1v) is 8.94. The van der Waals surface area contributed by atoms with Crippen LogP contribution in [0.15, 0.2) is 36.4 Å². The molecule has 0 aliphatic heterocycles. The Morgan fingerprint density at radius 3 is 2.42 bits per heavy atom. The van der Waals surface area contributed by atoms with Gasteiger partial charge in [0.1, 0.15) is 5.75 Å². The summed E-state index contributed by atoms with van der Waals surface area (Å²) in [4.78, 5) is 0. The Morgan fingerprint density at radius 1 is 1.04 bits per heavy atom. The lowest BCUT2D eigenvalue weighted by Gasteiger charge is -2.14. The van der Waals surface area contributed by atoms with E-state index in [4.69, 9.17) is 10.5 Å². The molecule has 0 fully saturated rings. The van der Waals surface area contributed by atoms with Crippen molar-refractivity contribution in [1.82, 2.24) is 0 Å². The van der Waals surface area contributed by atoms with Crippen molar-refractivity contribution in [1.29, 1.82) is 0 Å². The van der Waals surface area contributed by atoms with Crippen LogP contribution >= 0.6 is 0 Å². The molecule has 3 N–H and O–H groups in total. The van der Waals surface area contributed by atoms with Crippen LogP contribution in [0.1, 0.15) is 39.7 Å². The standard InChI is InChI=1S/C21H30N2O/c1-5-16-13-17(8-10-21(16)24-12-11-15(3)4)18-7-9-19(22)20(14-18)23-6-2/h7-10,13-15,23H,5-6,11-12,22H2,1-4H3. The fourth-order valence-corrected chi connectivity index (χ4v) is 2.66. The molecule has 0 aromatic heterocycles. The molecule has 130 valence electrons. The van der Waals surface area contributed by atoms with E-state index in [1.807, 2.05) is 6.07 Å². The average Bonchev–Trinajstić information content (AvgIpc) is 2.57. The Hall–Kier alpha value is -2.16. The lowest BCUT2D eigenvalue weighted by molar-refractivity contribution is 0.287. The second-order valence-corrected chi connectivity index (χ2v) is 6.54. The van der Waals surface area contributed by atoms with E-state index in [0.29, 0.717) is 5.92 Å². The van der Waals surface area contributed by atoms with Gasteiger partial charge in [0.15, 0.2) is 0 Å². The topological polar surface area (TPSA) is 47.3 Å². The summed E-state index contributed by atoms with van der Waals surface area (Å²) in [6, 6.07) is 12.6. The summed E-state index contributed by atoms with van der Waals surface area (Å²) >= 11 is 0. The first-order valence-electron chi connectivity index (χ1n) is 8.94. The molecule has 0 saturated heterocycles. The number of hydrogen-bond donors (Lipinski definition) is 2. The van der Waals surface area contributed by atoms with Crippen molar-refractivity contribution in [3.8, 4) is 16.9 Å². The van der Waals surface area contributed by atoms with Crippen LogP contribution < -0.4 is 15.8 Å². The van der Waals surface area contributed by atoms with E-state index >= 15 is 0 Å². The molecule has 3 heteroatoms. The van der Waals surface area contributed by atoms with Gasteiger partial charge in [-0.05, 0) is 66.6 Å². The van der Waals surface area contributed by atoms with E-state index in [1.165, 1.54) is 16.7 Å². The number of hydrogen-bond acceptors (Lipinski definition) is 3. The Bertz CT molecular complexity index is 665. The van der Waals surface area contributed by atoms with Gasteiger partial charge in [-0.15, -0.1) is 0 Å². The highest BCUT2D eigenvalue weighted by atomic mass is 16.5. The number of aryl methyl sites for hydroxylation is 1. The molecular formula is C21H30N2O. The Labute approximate surface area is 146 Å². The van der Waals surface area contributed by atoms with Gasteiger partial charge in [0.2, 0.25) is 0 Å². The summed E-state index contributed by atoms with van der Waals surface area (Å²) in [7, 11) is 0. The molecule has 0 radical (unpaired) electrons. The van der Waals surface area contributed by atoms with Crippen molar-refractivity contribution < 1.29 is 4.74 Å². The highest BCUT2D eigenvalue weighted by Crippen LogP contribution is 2.31. The van der Waals surface area contributed by atoms with Gasteiger partial charge < -0.3 is 15.8 Å². The van der Waals surface area contributed by atoms with Crippen LogP contribution in [-0.2, 0) is 6.42 Å². The third-order valence-corrected chi connectivity index (χ3v) is 4.15. The maximum atomic E-state index is 6.03. The second kappa shape index (κ2) is 8.62. The van der Waals surface area contributed by atoms with Gasteiger partial charge in [0.05, 0.1) is 18.0 Å². The molecule has 2 aromatic carbocycles. The van der Waals surface area contributed by atoms with Gasteiger partial charge in [0.25, 0.3) is 0 Å². The normalized spacial score (nSPS) is 10.9. The van der Waals surface area contributed by atoms with Crippen LogP contribution in [0.5, 0.6) is 5.75 Å². The first kappa shape index (κ1) is 18.2. The second-order valence-electron chi connectivity index (χ2n) is 6.54. The Kier molecular flexibility index (Phi) is 6.53. The average molecular weight is 326 g/mol. The highest BCUT2D eigenvalue weighted by molar-refractivity contribution is 5.76. The minimum atomic E-state index is 0.661. The van der Waals surface area contributed by atoms with E-state index in [-0.39, 0.29) is 0 Å². The highest BCUT2D eigenvalue weighted by Gasteiger charge is 2.08. The number of nitrogens with one attached hydrogen (secondary N) is 1. The monoisotopic (exact) mass is 326 g/mol. The van der Waals surface area contributed by atoms with Crippen molar-refractivity contribution in [2.24, 2.45) is 5.92 Å². The molecule has 2 rings (SSSR count). The van der Waals surface area contributed by atoms with Crippen molar-refractivity contribution in [3.05, 3.63) is 42.0 Å². The van der Waals surface area contributed by atoms with Gasteiger partial charge in [-0.3, -0.25) is 0 Å². The number of benzene rings is 2. The number of anilines is 2. The van der Waals surface area contributed by atoms with E-state index in [2.05, 4.69) is 63.3 Å². The summed E-state index contributed by atoms with van der Waals surface area (Å²) in [6.45, 7) is 10.3. The van der Waals surface area contributed by atoms with Crippen LogP contribution in [0.3, 0.4) is 0 Å². The van der Waals surface area contributed by atoms with Gasteiger partial charge >= 0.3 is 0 Å². The number of nitrogens with two attached hydrogens (primary N) is 1. The van der Waals surface area contributed by atoms with E-state index < -0.39 is 0 Å². The molecule has 0 saturated carbocycles. The van der Waals surface area contributed by atoms with E-state index in [0.717, 1.165) is 43.1 Å². The quantitative estimate of drug-likeness (QED) is 0.642. The largest absolute Gasteiger partial charge is 0.493 e. The summed E-state index contributed by atoms with van der Waals surface area (Å²) in [5.41, 5.74) is 11.4. The predicted octanol–water partition coefficient (Wildman–Crippen LogP) is 5.35. The molecule has 0 aliphatic carbocycles. The molecule has 24 heavy (non-hydrogen) atoms. The maximum absolute atomic E-state index is 6.03. The van der Waals surface area contributed by atoms with Gasteiger partial charge in [-0.25, -0.2) is 0 Å². The molecule has 0 bridgehead atoms. The lowest BCUT2D eigenvalue weighted by atomic mass is 10.00. The van der Waals surface area contributed by atoms with Crippen LogP contribution in [-0.4, -0.2) is 13.2 Å². The number of ether oxygens (including phenoxy) is 1. The fourth-order valence-electron chi connectivity index (χ4n) is 2.66. The first-order chi connectivity index (χ1) is 11.5. The predicted molar refractivity (Wildman–Crippen MR) is 105 cm³/mol. The van der Waals surface area contributed by atoms with Gasteiger partial charge in [0, 0.05) is 6.54 Å². The van der Waals surface area contributed by atoms with Crippen molar-refractivity contribution in [2.75, 3.05) is 24.2 Å². The minimum Gasteiger partial charge on any atom is -0.493 e. The number of nitrogen functional groups attached to an aromatic ring is 1. The Balaban J connectivity index is 2.24. The number of rotatable bonds is 8. The third-order valence-electron chi connectivity index (χ3n) is 4.15. The molecule has 0 aliphatic rings. The maximum Gasteiger partial charge on any atom is 0.122 e. The fraction of sp³-hybridized carbons (Fsp3) is 0.429. The third kappa shape index (κ3) is 4.67. The summed E-state index contributed by atoms with van der Waals surface area (Å²) < 4.78 is 5.98. The molecule has 2 aromatic rings. The van der Waals surface area contributed by atoms with Crippen LogP contribution in [0.2, 0.25) is 0 Å². The van der Waals surface area contributed by atoms with Crippen molar-refractivity contribution in [2.45, 2.75) is 40.5 Å². The summed E-state index contributed by atoms with van der Waals surface area (Å²) in [5.74, 6) is 1.66. The minimum absolute atomic E-state index is 0.661. The summed E-state index contributed by atoms with van der Waals surface area (Å²) in [5, 5.41) is 3.31. The SMILES string of the molecule is CCNc1cc(-c2ccc(OCCC(C)C)c(CC)c2)ccc1N. The summed E-state index contributed by atoms with van der Waals surface area (Å²) in [6.07, 6.45) is 2.04. The van der Waals surface area contributed by atoms with E-state index in [1.54, 1.807) is 0 Å². The molecule has 0 heterocycles. The molecule has 0 amide bonds. The lowest BCUT2D eigenvalue weighted by Crippen LogP contribution is -2.03. The molecule has 0 atom stereocenters. The van der Waals surface area contributed by atoms with Crippen LogP contribution in [0.25, 0.3) is 11.1 Å². The van der Waals surface area contributed by atoms with Crippen molar-refractivity contribution in [3.63, 3.8) is 0 Å². The van der Waals surface area contributed by atoms with Crippen molar-refractivity contribution >= 4 is 11.4 Å². The molecule has 0 spiro atoms. The molecular weight excluding hydrogens is 296 g/mol. The van der Waals surface area contributed by atoms with E-state index in [9.17, 15) is 0 Å². The van der Waals surface area contributed by atoms with Crippen LogP contribution in [0.4, 0.5) is 11.4 Å². The molecule has 3 nitrogen and oxygen atoms in total. The molecule has 0 unspecified atom stereocenters. The Morgan fingerprint density at radius 2 is 1.75 bits per heavy atom. The zero-order valence-corrected chi connectivity index (χ0v) is 15.4.